The van der Waals surface area contributed by atoms with Gasteiger partial charge in [0.15, 0.2) is 6.61 Å². The molecule has 0 spiro atoms. The van der Waals surface area contributed by atoms with Gasteiger partial charge in [-0.15, -0.1) is 0 Å². The largest absolute Gasteiger partial charge is 0.483 e. The molecular formula is C15H19N3O2. The Balaban J connectivity index is 1.95. The van der Waals surface area contributed by atoms with Gasteiger partial charge >= 0.3 is 0 Å². The van der Waals surface area contributed by atoms with Crippen molar-refractivity contribution in [3.8, 4) is 5.75 Å². The van der Waals surface area contributed by atoms with E-state index in [1.807, 2.05) is 31.2 Å². The van der Waals surface area contributed by atoms with Crippen molar-refractivity contribution in [3.05, 3.63) is 41.6 Å². The van der Waals surface area contributed by atoms with E-state index in [0.29, 0.717) is 11.7 Å². The summed E-state index contributed by atoms with van der Waals surface area (Å²) in [5.41, 5.74) is 1.99. The lowest BCUT2D eigenvalue weighted by atomic mass is 10.0. The number of benzene rings is 1. The molecule has 0 saturated carbocycles. The Bertz CT molecular complexity index is 590. The molecule has 0 aliphatic heterocycles. The Morgan fingerprint density at radius 1 is 1.40 bits per heavy atom. The lowest BCUT2D eigenvalue weighted by Gasteiger charge is -2.13. The summed E-state index contributed by atoms with van der Waals surface area (Å²) in [6.07, 6.45) is 1.66. The topological polar surface area (TPSA) is 67.0 Å². The third-order valence-electron chi connectivity index (χ3n) is 2.99. The Kier molecular flexibility index (Phi) is 4.40. The first-order chi connectivity index (χ1) is 9.58. The van der Waals surface area contributed by atoms with Crippen LogP contribution in [-0.4, -0.2) is 22.7 Å². The van der Waals surface area contributed by atoms with Crippen LogP contribution in [0.5, 0.6) is 5.75 Å². The van der Waals surface area contributed by atoms with E-state index in [1.54, 1.807) is 6.20 Å². The molecule has 5 heteroatoms. The van der Waals surface area contributed by atoms with Crippen molar-refractivity contribution in [2.45, 2.75) is 26.7 Å². The summed E-state index contributed by atoms with van der Waals surface area (Å²) in [6, 6.07) is 7.76. The number of aromatic nitrogens is 2. The second kappa shape index (κ2) is 6.23. The highest BCUT2D eigenvalue weighted by molar-refractivity contribution is 5.91. The predicted molar refractivity (Wildman–Crippen MR) is 78.0 cm³/mol. The van der Waals surface area contributed by atoms with E-state index in [9.17, 15) is 4.79 Å². The van der Waals surface area contributed by atoms with Crippen molar-refractivity contribution in [2.24, 2.45) is 0 Å². The van der Waals surface area contributed by atoms with Gasteiger partial charge in [-0.25, -0.2) is 0 Å². The van der Waals surface area contributed by atoms with Gasteiger partial charge in [-0.3, -0.25) is 9.89 Å². The first kappa shape index (κ1) is 14.1. The third kappa shape index (κ3) is 3.38. The molecule has 2 rings (SSSR count). The minimum Gasteiger partial charge on any atom is -0.483 e. The van der Waals surface area contributed by atoms with Crippen molar-refractivity contribution in [2.75, 3.05) is 11.9 Å². The number of aryl methyl sites for hydroxylation is 1. The van der Waals surface area contributed by atoms with Gasteiger partial charge in [0.1, 0.15) is 11.6 Å². The fourth-order valence-corrected chi connectivity index (χ4v) is 1.88. The number of nitrogens with zero attached hydrogens (tertiary/aromatic N) is 1. The maximum Gasteiger partial charge on any atom is 0.263 e. The Hall–Kier alpha value is -2.30. The minimum atomic E-state index is -0.212. The summed E-state index contributed by atoms with van der Waals surface area (Å²) in [4.78, 5) is 11.8. The van der Waals surface area contributed by atoms with Gasteiger partial charge in [0.2, 0.25) is 0 Å². The highest BCUT2D eigenvalue weighted by atomic mass is 16.5. The van der Waals surface area contributed by atoms with Crippen molar-refractivity contribution in [3.63, 3.8) is 0 Å². The SMILES string of the molecule is Cc1cn[nH]c1NC(=O)COc1ccccc1C(C)C. The summed E-state index contributed by atoms with van der Waals surface area (Å²) in [7, 11) is 0. The number of carbonyl (C=O) groups is 1. The number of hydrogen-bond donors (Lipinski definition) is 2. The zero-order valence-electron chi connectivity index (χ0n) is 11.9. The normalized spacial score (nSPS) is 10.6. The Morgan fingerprint density at radius 2 is 2.15 bits per heavy atom. The van der Waals surface area contributed by atoms with Crippen LogP contribution in [0.1, 0.15) is 30.9 Å². The van der Waals surface area contributed by atoms with E-state index in [2.05, 4.69) is 29.4 Å². The molecule has 2 aromatic rings. The molecule has 0 atom stereocenters. The predicted octanol–water partition coefficient (Wildman–Crippen LogP) is 2.86. The summed E-state index contributed by atoms with van der Waals surface area (Å²) in [5, 5.41) is 9.30. The average Bonchev–Trinajstić information content (AvgIpc) is 2.82. The van der Waals surface area contributed by atoms with Crippen LogP contribution in [0.3, 0.4) is 0 Å². The second-order valence-electron chi connectivity index (χ2n) is 4.96. The average molecular weight is 273 g/mol. The molecule has 1 aromatic heterocycles. The van der Waals surface area contributed by atoms with Crippen LogP contribution in [0.4, 0.5) is 5.82 Å². The van der Waals surface area contributed by atoms with Crippen molar-refractivity contribution in [1.82, 2.24) is 10.2 Å². The van der Waals surface area contributed by atoms with Crippen LogP contribution in [-0.2, 0) is 4.79 Å². The van der Waals surface area contributed by atoms with E-state index in [4.69, 9.17) is 4.74 Å². The molecule has 0 radical (unpaired) electrons. The molecule has 0 unspecified atom stereocenters. The van der Waals surface area contributed by atoms with Crippen molar-refractivity contribution < 1.29 is 9.53 Å². The Labute approximate surface area is 118 Å². The van der Waals surface area contributed by atoms with Crippen LogP contribution in [0.2, 0.25) is 0 Å². The third-order valence-corrected chi connectivity index (χ3v) is 2.99. The van der Waals surface area contributed by atoms with E-state index in [0.717, 1.165) is 16.9 Å². The maximum absolute atomic E-state index is 11.8. The molecule has 1 heterocycles. The molecule has 5 nitrogen and oxygen atoms in total. The molecule has 0 saturated heterocycles. The molecule has 0 aliphatic carbocycles. The number of nitrogens with one attached hydrogen (secondary N) is 2. The number of anilines is 1. The van der Waals surface area contributed by atoms with Gasteiger partial charge in [-0.1, -0.05) is 32.0 Å². The van der Waals surface area contributed by atoms with Crippen LogP contribution in [0, 0.1) is 6.92 Å². The van der Waals surface area contributed by atoms with Gasteiger partial charge in [0.25, 0.3) is 5.91 Å². The molecule has 0 aliphatic rings. The smallest absolute Gasteiger partial charge is 0.263 e. The lowest BCUT2D eigenvalue weighted by molar-refractivity contribution is -0.118. The van der Waals surface area contributed by atoms with Gasteiger partial charge in [0, 0.05) is 5.56 Å². The number of H-pyrrole nitrogens is 1. The number of ether oxygens (including phenoxy) is 1. The first-order valence-electron chi connectivity index (χ1n) is 6.59. The van der Waals surface area contributed by atoms with Crippen LogP contribution < -0.4 is 10.1 Å². The highest BCUT2D eigenvalue weighted by Crippen LogP contribution is 2.25. The zero-order valence-corrected chi connectivity index (χ0v) is 11.9. The number of para-hydroxylation sites is 1. The van der Waals surface area contributed by atoms with E-state index in [1.165, 1.54) is 0 Å². The molecule has 1 amide bonds. The van der Waals surface area contributed by atoms with E-state index in [-0.39, 0.29) is 12.5 Å². The van der Waals surface area contributed by atoms with E-state index >= 15 is 0 Å². The lowest BCUT2D eigenvalue weighted by Crippen LogP contribution is -2.21. The van der Waals surface area contributed by atoms with Gasteiger partial charge in [-0.2, -0.15) is 5.10 Å². The van der Waals surface area contributed by atoms with Gasteiger partial charge in [-0.05, 0) is 24.5 Å². The zero-order chi connectivity index (χ0) is 14.5. The summed E-state index contributed by atoms with van der Waals surface area (Å²) in [5.74, 6) is 1.50. The van der Waals surface area contributed by atoms with Crippen molar-refractivity contribution in [1.29, 1.82) is 0 Å². The molecule has 0 bridgehead atoms. The molecule has 106 valence electrons. The number of aromatic amines is 1. The van der Waals surface area contributed by atoms with Crippen LogP contribution in [0.25, 0.3) is 0 Å². The first-order valence-corrected chi connectivity index (χ1v) is 6.59. The monoisotopic (exact) mass is 273 g/mol. The van der Waals surface area contributed by atoms with Crippen LogP contribution >= 0.6 is 0 Å². The van der Waals surface area contributed by atoms with Gasteiger partial charge < -0.3 is 10.1 Å². The Morgan fingerprint density at radius 3 is 2.80 bits per heavy atom. The quantitative estimate of drug-likeness (QED) is 0.880. The number of amides is 1. The fraction of sp³-hybridized carbons (Fsp3) is 0.333. The maximum atomic E-state index is 11.8. The number of rotatable bonds is 5. The fourth-order valence-electron chi connectivity index (χ4n) is 1.88. The molecule has 20 heavy (non-hydrogen) atoms. The molecule has 1 aromatic carbocycles. The van der Waals surface area contributed by atoms with Gasteiger partial charge in [0.05, 0.1) is 6.20 Å². The second-order valence-corrected chi connectivity index (χ2v) is 4.96. The standard InChI is InChI=1S/C15H19N3O2/c1-10(2)12-6-4-5-7-13(12)20-9-14(19)17-15-11(3)8-16-18-15/h4-8,10H,9H2,1-3H3,(H2,16,17,18,19). The summed E-state index contributed by atoms with van der Waals surface area (Å²) in [6.45, 7) is 6.03. The summed E-state index contributed by atoms with van der Waals surface area (Å²) >= 11 is 0. The minimum absolute atomic E-state index is 0.0256. The highest BCUT2D eigenvalue weighted by Gasteiger charge is 2.10. The van der Waals surface area contributed by atoms with E-state index < -0.39 is 0 Å². The number of hydrogen-bond acceptors (Lipinski definition) is 3. The molecule has 0 fully saturated rings. The molecular weight excluding hydrogens is 254 g/mol. The number of carbonyl (C=O) groups excluding carboxylic acids is 1. The van der Waals surface area contributed by atoms with Crippen LogP contribution in [0.15, 0.2) is 30.5 Å². The molecule has 2 N–H and O–H groups in total. The van der Waals surface area contributed by atoms with Crippen molar-refractivity contribution >= 4 is 11.7 Å². The summed E-state index contributed by atoms with van der Waals surface area (Å²) < 4.78 is 5.60.